The van der Waals surface area contributed by atoms with Gasteiger partial charge in [0.2, 0.25) is 20.0 Å². The van der Waals surface area contributed by atoms with Gasteiger partial charge in [-0.05, 0) is 56.3 Å². The fourth-order valence-corrected chi connectivity index (χ4v) is 5.47. The highest BCUT2D eigenvalue weighted by molar-refractivity contribution is 7.89. The summed E-state index contributed by atoms with van der Waals surface area (Å²) in [5, 5.41) is 2.43. The lowest BCUT2D eigenvalue weighted by Gasteiger charge is -2.26. The molecule has 2 aromatic carbocycles. The molecule has 8 nitrogen and oxygen atoms in total. The Morgan fingerprint density at radius 2 is 1.67 bits per heavy atom. The van der Waals surface area contributed by atoms with Crippen LogP contribution in [-0.2, 0) is 20.0 Å². The van der Waals surface area contributed by atoms with E-state index in [4.69, 9.17) is 0 Å². The lowest BCUT2D eigenvalue weighted by molar-refractivity contribution is 0.102. The normalized spacial score (nSPS) is 15.7. The van der Waals surface area contributed by atoms with E-state index in [9.17, 15) is 26.0 Å². The fraction of sp³-hybridized carbons (Fsp3) is 0.316. The highest BCUT2D eigenvalue weighted by Gasteiger charge is 2.26. The molecule has 0 unspecified atom stereocenters. The van der Waals surface area contributed by atoms with Crippen molar-refractivity contribution < 1.29 is 26.0 Å². The first-order chi connectivity index (χ1) is 14.1. The van der Waals surface area contributed by atoms with E-state index in [0.717, 1.165) is 37.5 Å². The molecule has 3 rings (SSSR count). The van der Waals surface area contributed by atoms with Gasteiger partial charge < -0.3 is 5.32 Å². The molecule has 0 spiro atoms. The molecule has 162 valence electrons. The standard InChI is InChI=1S/C19H22FN3O5S2/c1-21-29(25,26)15-8-9-18(20)17(13-15)19(24)22-14-6-5-7-16(12-14)30(27,28)23-10-3-2-4-11-23/h5-9,12-13,21H,2-4,10-11H2,1H3,(H,22,24). The van der Waals surface area contributed by atoms with Gasteiger partial charge in [-0.25, -0.2) is 25.9 Å². The minimum absolute atomic E-state index is 0.0224. The van der Waals surface area contributed by atoms with Gasteiger partial charge in [0.1, 0.15) is 5.82 Å². The Hall–Kier alpha value is -2.34. The van der Waals surface area contributed by atoms with E-state index in [1.807, 2.05) is 0 Å². The Kier molecular flexibility index (Phi) is 6.56. The molecule has 30 heavy (non-hydrogen) atoms. The van der Waals surface area contributed by atoms with E-state index in [1.54, 1.807) is 0 Å². The van der Waals surface area contributed by atoms with Gasteiger partial charge in [-0.3, -0.25) is 4.79 Å². The lowest BCUT2D eigenvalue weighted by Crippen LogP contribution is -2.35. The molecular formula is C19H22FN3O5S2. The van der Waals surface area contributed by atoms with Gasteiger partial charge in [-0.1, -0.05) is 12.5 Å². The van der Waals surface area contributed by atoms with Crippen LogP contribution in [0.5, 0.6) is 0 Å². The third-order valence-corrected chi connectivity index (χ3v) is 8.11. The number of amides is 1. The summed E-state index contributed by atoms with van der Waals surface area (Å²) in [7, 11) is -6.36. The molecule has 1 saturated heterocycles. The van der Waals surface area contributed by atoms with Crippen LogP contribution in [-0.4, -0.2) is 47.2 Å². The van der Waals surface area contributed by atoms with Crippen LogP contribution in [0.15, 0.2) is 52.3 Å². The average Bonchev–Trinajstić information content (AvgIpc) is 2.74. The zero-order valence-electron chi connectivity index (χ0n) is 16.3. The van der Waals surface area contributed by atoms with Crippen LogP contribution in [0.2, 0.25) is 0 Å². The molecule has 0 atom stereocenters. The van der Waals surface area contributed by atoms with Gasteiger partial charge in [-0.15, -0.1) is 0 Å². The lowest BCUT2D eigenvalue weighted by atomic mass is 10.2. The van der Waals surface area contributed by atoms with E-state index in [0.29, 0.717) is 13.1 Å². The summed E-state index contributed by atoms with van der Waals surface area (Å²) in [6.45, 7) is 0.883. The number of carbonyl (C=O) groups excluding carboxylic acids is 1. The number of benzene rings is 2. The zero-order chi connectivity index (χ0) is 21.9. The Labute approximate surface area is 175 Å². The third-order valence-electron chi connectivity index (χ3n) is 4.81. The summed E-state index contributed by atoms with van der Waals surface area (Å²) in [6, 6.07) is 8.53. The van der Waals surface area contributed by atoms with Crippen LogP contribution in [0.3, 0.4) is 0 Å². The first-order valence-corrected chi connectivity index (χ1v) is 12.2. The van der Waals surface area contributed by atoms with E-state index < -0.39 is 37.3 Å². The highest BCUT2D eigenvalue weighted by atomic mass is 32.2. The number of nitrogens with one attached hydrogen (secondary N) is 2. The van der Waals surface area contributed by atoms with Gasteiger partial charge in [0.05, 0.1) is 15.4 Å². The largest absolute Gasteiger partial charge is 0.322 e. The van der Waals surface area contributed by atoms with E-state index in [-0.39, 0.29) is 15.5 Å². The van der Waals surface area contributed by atoms with Gasteiger partial charge in [0, 0.05) is 18.8 Å². The van der Waals surface area contributed by atoms with Crippen molar-refractivity contribution >= 4 is 31.6 Å². The minimum atomic E-state index is -3.86. The van der Waals surface area contributed by atoms with E-state index >= 15 is 0 Å². The topological polar surface area (TPSA) is 113 Å². The quantitative estimate of drug-likeness (QED) is 0.693. The van der Waals surface area contributed by atoms with Crippen molar-refractivity contribution in [2.45, 2.75) is 29.1 Å². The minimum Gasteiger partial charge on any atom is -0.322 e. The molecule has 1 fully saturated rings. The van der Waals surface area contributed by atoms with Gasteiger partial charge in [-0.2, -0.15) is 4.31 Å². The van der Waals surface area contributed by atoms with E-state index in [1.165, 1.54) is 35.6 Å². The Balaban J connectivity index is 1.86. The Morgan fingerprint density at radius 1 is 0.967 bits per heavy atom. The molecule has 1 heterocycles. The maximum Gasteiger partial charge on any atom is 0.258 e. The van der Waals surface area contributed by atoms with Crippen molar-refractivity contribution in [1.29, 1.82) is 0 Å². The van der Waals surface area contributed by atoms with Crippen molar-refractivity contribution in [3.8, 4) is 0 Å². The molecule has 1 amide bonds. The predicted molar refractivity (Wildman–Crippen MR) is 110 cm³/mol. The smallest absolute Gasteiger partial charge is 0.258 e. The zero-order valence-corrected chi connectivity index (χ0v) is 17.9. The van der Waals surface area contributed by atoms with Crippen LogP contribution in [0.1, 0.15) is 29.6 Å². The van der Waals surface area contributed by atoms with Gasteiger partial charge in [0.15, 0.2) is 0 Å². The molecule has 0 aromatic heterocycles. The number of hydrogen-bond acceptors (Lipinski definition) is 5. The SMILES string of the molecule is CNS(=O)(=O)c1ccc(F)c(C(=O)Nc2cccc(S(=O)(=O)N3CCCCC3)c2)c1. The number of carbonyl (C=O) groups is 1. The maximum atomic E-state index is 14.1. The second-order valence-electron chi connectivity index (χ2n) is 6.80. The predicted octanol–water partition coefficient (Wildman–Crippen LogP) is 2.16. The summed E-state index contributed by atoms with van der Waals surface area (Å²) < 4.78 is 67.1. The number of halogens is 1. The van der Waals surface area contributed by atoms with Crippen molar-refractivity contribution in [2.75, 3.05) is 25.5 Å². The van der Waals surface area contributed by atoms with Crippen molar-refractivity contribution in [1.82, 2.24) is 9.03 Å². The summed E-state index contributed by atoms with van der Waals surface area (Å²) >= 11 is 0. The molecule has 1 aliphatic heterocycles. The fourth-order valence-electron chi connectivity index (χ4n) is 3.15. The first-order valence-electron chi connectivity index (χ1n) is 9.30. The molecule has 2 N–H and O–H groups in total. The Bertz CT molecular complexity index is 1160. The molecule has 11 heteroatoms. The summed E-state index contributed by atoms with van der Waals surface area (Å²) in [6.07, 6.45) is 2.57. The third kappa shape index (κ3) is 4.69. The number of piperidine rings is 1. The van der Waals surface area contributed by atoms with Crippen LogP contribution >= 0.6 is 0 Å². The second kappa shape index (κ2) is 8.80. The number of hydrogen-bond donors (Lipinski definition) is 2. The number of rotatable bonds is 6. The molecule has 0 aliphatic carbocycles. The summed E-state index contributed by atoms with van der Waals surface area (Å²) in [5.41, 5.74) is -0.324. The molecular weight excluding hydrogens is 433 g/mol. The van der Waals surface area contributed by atoms with Gasteiger partial charge in [0.25, 0.3) is 5.91 Å². The number of nitrogens with zero attached hydrogens (tertiary/aromatic N) is 1. The average molecular weight is 456 g/mol. The first kappa shape index (κ1) is 22.3. The summed E-state index contributed by atoms with van der Waals surface area (Å²) in [5.74, 6) is -1.80. The second-order valence-corrected chi connectivity index (χ2v) is 10.6. The van der Waals surface area contributed by atoms with E-state index in [2.05, 4.69) is 10.0 Å². The molecule has 1 aliphatic rings. The molecule has 0 radical (unpaired) electrons. The van der Waals surface area contributed by atoms with Crippen molar-refractivity contribution in [3.63, 3.8) is 0 Å². The maximum absolute atomic E-state index is 14.1. The van der Waals surface area contributed by atoms with Crippen LogP contribution in [0.4, 0.5) is 10.1 Å². The number of sulfonamides is 2. The molecule has 2 aromatic rings. The highest BCUT2D eigenvalue weighted by Crippen LogP contribution is 2.24. The van der Waals surface area contributed by atoms with Crippen LogP contribution in [0.25, 0.3) is 0 Å². The van der Waals surface area contributed by atoms with Crippen LogP contribution in [0, 0.1) is 5.82 Å². The van der Waals surface area contributed by atoms with Crippen molar-refractivity contribution in [2.24, 2.45) is 0 Å². The van der Waals surface area contributed by atoms with Crippen molar-refractivity contribution in [3.05, 3.63) is 53.8 Å². The molecule has 0 bridgehead atoms. The Morgan fingerprint density at radius 3 is 2.33 bits per heavy atom. The number of anilines is 1. The van der Waals surface area contributed by atoms with Gasteiger partial charge >= 0.3 is 0 Å². The monoisotopic (exact) mass is 455 g/mol. The van der Waals surface area contributed by atoms with Crippen LogP contribution < -0.4 is 10.0 Å². The molecule has 0 saturated carbocycles. The summed E-state index contributed by atoms with van der Waals surface area (Å²) in [4.78, 5) is 12.3.